The van der Waals surface area contributed by atoms with Gasteiger partial charge in [0.1, 0.15) is 18.0 Å². The summed E-state index contributed by atoms with van der Waals surface area (Å²) < 4.78 is 16.0. The zero-order valence-electron chi connectivity index (χ0n) is 11.0. The minimum atomic E-state index is -0.810. The smallest absolute Gasteiger partial charge is 0.253 e. The minimum absolute atomic E-state index is 0.141. The first-order valence-corrected chi connectivity index (χ1v) is 6.52. The van der Waals surface area contributed by atoms with Crippen molar-refractivity contribution in [3.8, 4) is 0 Å². The molecule has 1 heterocycles. The number of hydrogen-bond acceptors (Lipinski definition) is 4. The first-order valence-electron chi connectivity index (χ1n) is 5.73. The van der Waals surface area contributed by atoms with E-state index in [9.17, 15) is 9.18 Å². The SMILES string of the molecule is CN(Cc1ncnn1C)c1cc(Br)cc(F)c1C(N)=O. The zero-order chi connectivity index (χ0) is 14.9. The van der Waals surface area contributed by atoms with E-state index in [2.05, 4.69) is 26.0 Å². The van der Waals surface area contributed by atoms with Crippen molar-refractivity contribution in [2.24, 2.45) is 12.8 Å². The fraction of sp³-hybridized carbons (Fsp3) is 0.250. The Kier molecular flexibility index (Phi) is 4.03. The van der Waals surface area contributed by atoms with E-state index < -0.39 is 11.7 Å². The number of amides is 1. The van der Waals surface area contributed by atoms with E-state index >= 15 is 0 Å². The lowest BCUT2D eigenvalue weighted by Crippen LogP contribution is -2.24. The van der Waals surface area contributed by atoms with E-state index in [4.69, 9.17) is 5.73 Å². The van der Waals surface area contributed by atoms with Crippen molar-refractivity contribution >= 4 is 27.5 Å². The summed E-state index contributed by atoms with van der Waals surface area (Å²) in [5.74, 6) is -0.787. The highest BCUT2D eigenvalue weighted by Gasteiger charge is 2.19. The lowest BCUT2D eigenvalue weighted by Gasteiger charge is -2.21. The van der Waals surface area contributed by atoms with Gasteiger partial charge in [-0.3, -0.25) is 9.48 Å². The second-order valence-electron chi connectivity index (χ2n) is 4.30. The molecule has 0 aliphatic heterocycles. The molecule has 2 aromatic rings. The van der Waals surface area contributed by atoms with Gasteiger partial charge in [0.15, 0.2) is 0 Å². The van der Waals surface area contributed by atoms with Crippen LogP contribution in [-0.4, -0.2) is 27.7 Å². The van der Waals surface area contributed by atoms with Gasteiger partial charge in [0.2, 0.25) is 0 Å². The van der Waals surface area contributed by atoms with Crippen LogP contribution in [0, 0.1) is 5.82 Å². The Hall–Kier alpha value is -1.96. The van der Waals surface area contributed by atoms with Gasteiger partial charge in [-0.05, 0) is 12.1 Å². The third-order valence-electron chi connectivity index (χ3n) is 2.88. The number of carbonyl (C=O) groups excluding carboxylic acids is 1. The highest BCUT2D eigenvalue weighted by Crippen LogP contribution is 2.27. The Labute approximate surface area is 123 Å². The molecular formula is C12H13BrFN5O. The molecule has 0 radical (unpaired) electrons. The fourth-order valence-corrected chi connectivity index (χ4v) is 2.28. The van der Waals surface area contributed by atoms with Crippen LogP contribution in [0.15, 0.2) is 22.9 Å². The number of halogens is 2. The molecular weight excluding hydrogens is 329 g/mol. The van der Waals surface area contributed by atoms with Crippen LogP contribution >= 0.6 is 15.9 Å². The fourth-order valence-electron chi connectivity index (χ4n) is 1.87. The van der Waals surface area contributed by atoms with Crippen molar-refractivity contribution in [3.05, 3.63) is 40.1 Å². The van der Waals surface area contributed by atoms with Crippen molar-refractivity contribution in [2.75, 3.05) is 11.9 Å². The van der Waals surface area contributed by atoms with Crippen molar-refractivity contribution in [1.82, 2.24) is 14.8 Å². The summed E-state index contributed by atoms with van der Waals surface area (Å²) in [7, 11) is 3.48. The molecule has 2 N–H and O–H groups in total. The van der Waals surface area contributed by atoms with Gasteiger partial charge in [0.25, 0.3) is 5.91 Å². The molecule has 8 heteroatoms. The average Bonchev–Trinajstić information content (AvgIpc) is 2.73. The zero-order valence-corrected chi connectivity index (χ0v) is 12.6. The number of carbonyl (C=O) groups is 1. The molecule has 0 fully saturated rings. The third-order valence-corrected chi connectivity index (χ3v) is 3.33. The standard InChI is InChI=1S/C12H13BrFN5O/c1-18(5-10-16-6-17-19(10)2)9-4-7(13)3-8(14)11(9)12(15)20/h3-4,6H,5H2,1-2H3,(H2,15,20). The second kappa shape index (κ2) is 5.58. The van der Waals surface area contributed by atoms with E-state index in [-0.39, 0.29) is 5.56 Å². The van der Waals surface area contributed by atoms with Crippen molar-refractivity contribution in [3.63, 3.8) is 0 Å². The first-order chi connectivity index (χ1) is 9.40. The Morgan fingerprint density at radius 2 is 2.25 bits per heavy atom. The average molecular weight is 342 g/mol. The van der Waals surface area contributed by atoms with E-state index in [1.165, 1.54) is 12.4 Å². The van der Waals surface area contributed by atoms with Gasteiger partial charge in [-0.2, -0.15) is 5.10 Å². The quantitative estimate of drug-likeness (QED) is 0.913. The molecule has 106 valence electrons. The summed E-state index contributed by atoms with van der Waals surface area (Å²) in [5, 5.41) is 3.96. The number of aromatic nitrogens is 3. The van der Waals surface area contributed by atoms with Crippen LogP contribution in [0.5, 0.6) is 0 Å². The maximum Gasteiger partial charge on any atom is 0.253 e. The van der Waals surface area contributed by atoms with Crippen LogP contribution < -0.4 is 10.6 Å². The number of nitrogens with zero attached hydrogens (tertiary/aromatic N) is 4. The monoisotopic (exact) mass is 341 g/mol. The van der Waals surface area contributed by atoms with Gasteiger partial charge in [-0.1, -0.05) is 15.9 Å². The summed E-state index contributed by atoms with van der Waals surface area (Å²) in [6.45, 7) is 0.368. The third kappa shape index (κ3) is 2.79. The Morgan fingerprint density at radius 3 is 2.80 bits per heavy atom. The highest BCUT2D eigenvalue weighted by atomic mass is 79.9. The van der Waals surface area contributed by atoms with Gasteiger partial charge in [-0.25, -0.2) is 9.37 Å². The van der Waals surface area contributed by atoms with Crippen LogP contribution in [-0.2, 0) is 13.6 Å². The van der Waals surface area contributed by atoms with Gasteiger partial charge in [0, 0.05) is 18.6 Å². The molecule has 6 nitrogen and oxygen atoms in total. The summed E-state index contributed by atoms with van der Waals surface area (Å²) in [6.07, 6.45) is 1.43. The maximum atomic E-state index is 13.9. The molecule has 0 aliphatic carbocycles. The molecule has 1 amide bonds. The molecule has 0 bridgehead atoms. The molecule has 0 spiro atoms. The highest BCUT2D eigenvalue weighted by molar-refractivity contribution is 9.10. The lowest BCUT2D eigenvalue weighted by atomic mass is 10.1. The molecule has 0 aliphatic rings. The first kappa shape index (κ1) is 14.4. The van der Waals surface area contributed by atoms with E-state index in [0.29, 0.717) is 22.5 Å². The lowest BCUT2D eigenvalue weighted by molar-refractivity contribution is 0.0997. The van der Waals surface area contributed by atoms with Crippen molar-refractivity contribution in [1.29, 1.82) is 0 Å². The van der Waals surface area contributed by atoms with Gasteiger partial charge in [-0.15, -0.1) is 0 Å². The van der Waals surface area contributed by atoms with E-state index in [1.54, 1.807) is 29.7 Å². The largest absolute Gasteiger partial charge is 0.366 e. The topological polar surface area (TPSA) is 77.0 Å². The summed E-state index contributed by atoms with van der Waals surface area (Å²) in [6, 6.07) is 2.85. The van der Waals surface area contributed by atoms with Crippen molar-refractivity contribution in [2.45, 2.75) is 6.54 Å². The summed E-state index contributed by atoms with van der Waals surface area (Å²) in [4.78, 5) is 17.2. The molecule has 0 atom stereocenters. The number of rotatable bonds is 4. The van der Waals surface area contributed by atoms with E-state index in [0.717, 1.165) is 0 Å². The van der Waals surface area contributed by atoms with Crippen LogP contribution in [0.25, 0.3) is 0 Å². The molecule has 1 aromatic heterocycles. The molecule has 1 aromatic carbocycles. The van der Waals surface area contributed by atoms with Crippen molar-refractivity contribution < 1.29 is 9.18 Å². The van der Waals surface area contributed by atoms with Gasteiger partial charge in [0.05, 0.1) is 17.8 Å². The van der Waals surface area contributed by atoms with Gasteiger partial charge < -0.3 is 10.6 Å². The summed E-state index contributed by atoms with van der Waals surface area (Å²) in [5.41, 5.74) is 5.51. The Balaban J connectivity index is 2.41. The van der Waals surface area contributed by atoms with E-state index in [1.807, 2.05) is 0 Å². The molecule has 0 saturated carbocycles. The molecule has 2 rings (SSSR count). The molecule has 0 saturated heterocycles. The number of hydrogen-bond donors (Lipinski definition) is 1. The van der Waals surface area contributed by atoms with Crippen LogP contribution in [0.3, 0.4) is 0 Å². The number of primary amides is 1. The van der Waals surface area contributed by atoms with Crippen LogP contribution in [0.1, 0.15) is 16.2 Å². The summed E-state index contributed by atoms with van der Waals surface area (Å²) >= 11 is 3.21. The number of benzene rings is 1. The maximum absolute atomic E-state index is 13.9. The number of nitrogens with two attached hydrogens (primary N) is 1. The van der Waals surface area contributed by atoms with Crippen LogP contribution in [0.4, 0.5) is 10.1 Å². The predicted octanol–water partition coefficient (Wildman–Crippen LogP) is 1.45. The number of anilines is 1. The minimum Gasteiger partial charge on any atom is -0.366 e. The second-order valence-corrected chi connectivity index (χ2v) is 5.22. The van der Waals surface area contributed by atoms with Crippen LogP contribution in [0.2, 0.25) is 0 Å². The van der Waals surface area contributed by atoms with Gasteiger partial charge >= 0.3 is 0 Å². The normalized spacial score (nSPS) is 10.6. The molecule has 20 heavy (non-hydrogen) atoms. The molecule has 0 unspecified atom stereocenters. The number of aryl methyl sites for hydroxylation is 1. The Morgan fingerprint density at radius 1 is 1.55 bits per heavy atom. The predicted molar refractivity (Wildman–Crippen MR) is 75.7 cm³/mol. The Bertz CT molecular complexity index is 657.